The lowest BCUT2D eigenvalue weighted by Gasteiger charge is -2.17. The Bertz CT molecular complexity index is 952. The lowest BCUT2D eigenvalue weighted by Crippen LogP contribution is -2.13. The highest BCUT2D eigenvalue weighted by molar-refractivity contribution is 6.16. The molecule has 0 bridgehead atoms. The summed E-state index contributed by atoms with van der Waals surface area (Å²) in [4.78, 5) is 12.1. The van der Waals surface area contributed by atoms with Crippen molar-refractivity contribution in [2.24, 2.45) is 5.92 Å². The summed E-state index contributed by atoms with van der Waals surface area (Å²) in [6, 6.07) is 10.8. The molecule has 1 aliphatic rings. The number of alkyl halides is 3. The van der Waals surface area contributed by atoms with Crippen molar-refractivity contribution in [1.29, 1.82) is 0 Å². The Labute approximate surface area is 178 Å². The van der Waals surface area contributed by atoms with E-state index in [1.54, 1.807) is 24.3 Å². The Morgan fingerprint density at radius 1 is 1.16 bits per heavy atom. The van der Waals surface area contributed by atoms with Crippen LogP contribution in [0.4, 0.5) is 18.9 Å². The fraction of sp³-hybridized carbons (Fsp3) is 0.348. The molecule has 31 heavy (non-hydrogen) atoms. The standard InChI is InChI=1S/C23H24F3NO4/c1-29-14-19(22(28)30-2)18-6-4-3-5-16(18)13-31-17-9-10-21(27-12-15-7-8-15)20(11-17)23(24,25)26/h3-6,9-11,14-15,27H,7-8,12-13H2,1-2H3/b19-14+. The zero-order chi connectivity index (χ0) is 22.4. The molecular formula is C23H24F3NO4. The second-order valence-electron chi connectivity index (χ2n) is 7.23. The van der Waals surface area contributed by atoms with Gasteiger partial charge < -0.3 is 19.5 Å². The fourth-order valence-electron chi connectivity index (χ4n) is 3.10. The van der Waals surface area contributed by atoms with E-state index in [4.69, 9.17) is 14.2 Å². The molecule has 8 heteroatoms. The van der Waals surface area contributed by atoms with Gasteiger partial charge in [0.25, 0.3) is 0 Å². The number of carbonyl (C=O) groups is 1. The number of benzene rings is 2. The molecule has 0 aromatic heterocycles. The fourth-order valence-corrected chi connectivity index (χ4v) is 3.10. The van der Waals surface area contributed by atoms with Crippen LogP contribution in [0.3, 0.4) is 0 Å². The van der Waals surface area contributed by atoms with E-state index >= 15 is 0 Å². The molecule has 0 saturated heterocycles. The number of hydrogen-bond donors (Lipinski definition) is 1. The highest BCUT2D eigenvalue weighted by atomic mass is 19.4. The minimum Gasteiger partial charge on any atom is -0.503 e. The first-order valence-electron chi connectivity index (χ1n) is 9.81. The van der Waals surface area contributed by atoms with Gasteiger partial charge >= 0.3 is 12.1 Å². The molecule has 166 valence electrons. The van der Waals surface area contributed by atoms with Crippen LogP contribution in [0.1, 0.15) is 29.5 Å². The molecule has 1 fully saturated rings. The van der Waals surface area contributed by atoms with E-state index in [1.807, 2.05) is 0 Å². The Morgan fingerprint density at radius 3 is 2.55 bits per heavy atom. The summed E-state index contributed by atoms with van der Waals surface area (Å²) in [5.41, 5.74) is 0.562. The van der Waals surface area contributed by atoms with Gasteiger partial charge in [0.1, 0.15) is 17.9 Å². The zero-order valence-corrected chi connectivity index (χ0v) is 17.3. The molecule has 2 aromatic carbocycles. The number of halogens is 3. The second kappa shape index (κ2) is 9.76. The highest BCUT2D eigenvalue weighted by Gasteiger charge is 2.34. The molecular weight excluding hydrogens is 411 g/mol. The van der Waals surface area contributed by atoms with E-state index in [9.17, 15) is 18.0 Å². The molecule has 0 aliphatic heterocycles. The van der Waals surface area contributed by atoms with Gasteiger partial charge in [-0.15, -0.1) is 0 Å². The molecule has 1 aliphatic carbocycles. The van der Waals surface area contributed by atoms with Crippen LogP contribution in [-0.2, 0) is 27.1 Å². The van der Waals surface area contributed by atoms with Crippen molar-refractivity contribution >= 4 is 17.2 Å². The van der Waals surface area contributed by atoms with E-state index in [-0.39, 0.29) is 23.6 Å². The van der Waals surface area contributed by atoms with Gasteiger partial charge in [-0.3, -0.25) is 0 Å². The van der Waals surface area contributed by atoms with Crippen LogP contribution in [-0.4, -0.2) is 26.7 Å². The van der Waals surface area contributed by atoms with Gasteiger partial charge in [0, 0.05) is 12.2 Å². The lowest BCUT2D eigenvalue weighted by atomic mass is 10.0. The van der Waals surface area contributed by atoms with Crippen molar-refractivity contribution in [1.82, 2.24) is 0 Å². The molecule has 0 heterocycles. The molecule has 5 nitrogen and oxygen atoms in total. The second-order valence-corrected chi connectivity index (χ2v) is 7.23. The predicted octanol–water partition coefficient (Wildman–Crippen LogP) is 5.27. The normalized spacial score (nSPS) is 14.2. The Morgan fingerprint density at radius 2 is 1.90 bits per heavy atom. The van der Waals surface area contributed by atoms with Crippen LogP contribution in [0.5, 0.6) is 5.75 Å². The molecule has 1 N–H and O–H groups in total. The number of carbonyl (C=O) groups excluding carboxylic acids is 1. The van der Waals surface area contributed by atoms with Crippen LogP contribution in [0.15, 0.2) is 48.7 Å². The van der Waals surface area contributed by atoms with Crippen molar-refractivity contribution < 1.29 is 32.2 Å². The van der Waals surface area contributed by atoms with Crippen molar-refractivity contribution in [2.45, 2.75) is 25.6 Å². The monoisotopic (exact) mass is 435 g/mol. The van der Waals surface area contributed by atoms with E-state index in [1.165, 1.54) is 32.6 Å². The maximum atomic E-state index is 13.5. The number of ether oxygens (including phenoxy) is 3. The van der Waals surface area contributed by atoms with Crippen LogP contribution in [0, 0.1) is 5.92 Å². The van der Waals surface area contributed by atoms with Gasteiger partial charge in [0.15, 0.2) is 0 Å². The van der Waals surface area contributed by atoms with Gasteiger partial charge in [-0.1, -0.05) is 24.3 Å². The third kappa shape index (κ3) is 5.93. The largest absolute Gasteiger partial charge is 0.503 e. The number of methoxy groups -OCH3 is 2. The molecule has 0 spiro atoms. The van der Waals surface area contributed by atoms with E-state index < -0.39 is 17.7 Å². The number of anilines is 1. The first-order chi connectivity index (χ1) is 14.8. The Hall–Kier alpha value is -3.16. The SMILES string of the molecule is CO/C=C(/C(=O)OC)c1ccccc1COc1ccc(NCC2CC2)c(C(F)(F)F)c1. The molecule has 3 rings (SSSR count). The third-order valence-corrected chi connectivity index (χ3v) is 4.92. The van der Waals surface area contributed by atoms with Crippen LogP contribution in [0.2, 0.25) is 0 Å². The van der Waals surface area contributed by atoms with Crippen molar-refractivity contribution in [3.63, 3.8) is 0 Å². The molecule has 0 unspecified atom stereocenters. The third-order valence-electron chi connectivity index (χ3n) is 4.92. The average molecular weight is 435 g/mol. The molecule has 0 atom stereocenters. The Kier molecular flexibility index (Phi) is 7.09. The summed E-state index contributed by atoms with van der Waals surface area (Å²) in [7, 11) is 2.65. The van der Waals surface area contributed by atoms with Crippen LogP contribution >= 0.6 is 0 Å². The number of hydrogen-bond acceptors (Lipinski definition) is 5. The van der Waals surface area contributed by atoms with Gasteiger partial charge in [-0.05, 0) is 48.1 Å². The molecule has 1 saturated carbocycles. The van der Waals surface area contributed by atoms with Gasteiger partial charge in [-0.25, -0.2) is 4.79 Å². The zero-order valence-electron chi connectivity index (χ0n) is 17.3. The summed E-state index contributed by atoms with van der Waals surface area (Å²) in [6.07, 6.45) is -1.17. The van der Waals surface area contributed by atoms with Crippen LogP contribution < -0.4 is 10.1 Å². The summed E-state index contributed by atoms with van der Waals surface area (Å²) in [6.45, 7) is 0.485. The molecule has 0 radical (unpaired) electrons. The predicted molar refractivity (Wildman–Crippen MR) is 110 cm³/mol. The van der Waals surface area contributed by atoms with E-state index in [0.29, 0.717) is 23.6 Å². The smallest absolute Gasteiger partial charge is 0.418 e. The van der Waals surface area contributed by atoms with E-state index in [0.717, 1.165) is 18.9 Å². The Balaban J connectivity index is 1.81. The maximum Gasteiger partial charge on any atom is 0.418 e. The highest BCUT2D eigenvalue weighted by Crippen LogP contribution is 2.38. The van der Waals surface area contributed by atoms with Gasteiger partial charge in [-0.2, -0.15) is 13.2 Å². The average Bonchev–Trinajstić information content (AvgIpc) is 3.58. The maximum absolute atomic E-state index is 13.5. The van der Waals surface area contributed by atoms with E-state index in [2.05, 4.69) is 5.32 Å². The van der Waals surface area contributed by atoms with Crippen molar-refractivity contribution in [3.8, 4) is 5.75 Å². The molecule has 0 amide bonds. The minimum atomic E-state index is -4.51. The summed E-state index contributed by atoms with van der Waals surface area (Å²) in [5, 5.41) is 2.89. The molecule has 2 aromatic rings. The topological polar surface area (TPSA) is 56.8 Å². The number of esters is 1. The first-order valence-corrected chi connectivity index (χ1v) is 9.81. The quantitative estimate of drug-likeness (QED) is 0.331. The minimum absolute atomic E-state index is 0.0413. The van der Waals surface area contributed by atoms with Crippen molar-refractivity contribution in [2.75, 3.05) is 26.1 Å². The lowest BCUT2D eigenvalue weighted by molar-refractivity contribution is -0.137. The van der Waals surface area contributed by atoms with Gasteiger partial charge in [0.05, 0.1) is 26.0 Å². The van der Waals surface area contributed by atoms with Gasteiger partial charge in [0.2, 0.25) is 0 Å². The van der Waals surface area contributed by atoms with Crippen LogP contribution in [0.25, 0.3) is 5.57 Å². The summed E-state index contributed by atoms with van der Waals surface area (Å²) in [5.74, 6) is -0.0770. The first kappa shape index (κ1) is 22.5. The number of rotatable bonds is 9. The number of nitrogens with one attached hydrogen (secondary N) is 1. The summed E-state index contributed by atoms with van der Waals surface area (Å²) >= 11 is 0. The van der Waals surface area contributed by atoms with Crippen molar-refractivity contribution in [3.05, 3.63) is 65.4 Å². The summed E-state index contributed by atoms with van der Waals surface area (Å²) < 4.78 is 56.1.